The van der Waals surface area contributed by atoms with Crippen LogP contribution < -0.4 is 16.0 Å². The second-order valence-electron chi connectivity index (χ2n) is 5.73. The second-order valence-corrected chi connectivity index (χ2v) is 5.73. The molecule has 2 aromatic rings. The van der Waals surface area contributed by atoms with Gasteiger partial charge in [-0.05, 0) is 49.6 Å². The van der Waals surface area contributed by atoms with Crippen LogP contribution in [0.25, 0.3) is 0 Å². The predicted molar refractivity (Wildman–Crippen MR) is 90.1 cm³/mol. The standard InChI is InChI=1S/C18H21N3O/c1-13(14-5-3-2-4-6-14)19-15-7-9-16(10-8-15)20-18(22)21-17-11-12-17/h2-10,13,17,19H,11-12H2,1H3,(H2,20,21,22). The van der Waals surface area contributed by atoms with E-state index in [4.69, 9.17) is 0 Å². The van der Waals surface area contributed by atoms with Gasteiger partial charge in [-0.15, -0.1) is 0 Å². The number of urea groups is 1. The Labute approximate surface area is 130 Å². The Morgan fingerprint density at radius 1 is 1.00 bits per heavy atom. The number of amides is 2. The van der Waals surface area contributed by atoms with Gasteiger partial charge in [-0.3, -0.25) is 0 Å². The minimum Gasteiger partial charge on any atom is -0.379 e. The second kappa shape index (κ2) is 6.52. The summed E-state index contributed by atoms with van der Waals surface area (Å²) >= 11 is 0. The van der Waals surface area contributed by atoms with E-state index >= 15 is 0 Å². The predicted octanol–water partition coefficient (Wildman–Crippen LogP) is 4.14. The lowest BCUT2D eigenvalue weighted by Crippen LogP contribution is -2.30. The minimum absolute atomic E-state index is 0.124. The van der Waals surface area contributed by atoms with Crippen LogP contribution in [0, 0.1) is 0 Å². The molecule has 1 unspecified atom stereocenters. The summed E-state index contributed by atoms with van der Waals surface area (Å²) in [5.74, 6) is 0. The van der Waals surface area contributed by atoms with E-state index in [-0.39, 0.29) is 12.1 Å². The topological polar surface area (TPSA) is 53.2 Å². The molecule has 22 heavy (non-hydrogen) atoms. The van der Waals surface area contributed by atoms with Crippen LogP contribution in [0.5, 0.6) is 0 Å². The number of carbonyl (C=O) groups excluding carboxylic acids is 1. The molecule has 2 aromatic carbocycles. The van der Waals surface area contributed by atoms with Crippen molar-refractivity contribution in [3.8, 4) is 0 Å². The zero-order valence-electron chi connectivity index (χ0n) is 12.7. The van der Waals surface area contributed by atoms with E-state index in [0.717, 1.165) is 24.2 Å². The Bertz CT molecular complexity index is 621. The lowest BCUT2D eigenvalue weighted by Gasteiger charge is -2.16. The molecule has 3 rings (SSSR count). The van der Waals surface area contributed by atoms with Crippen molar-refractivity contribution in [3.05, 3.63) is 60.2 Å². The Morgan fingerprint density at radius 3 is 2.27 bits per heavy atom. The van der Waals surface area contributed by atoms with Gasteiger partial charge in [0.05, 0.1) is 0 Å². The molecule has 1 aliphatic rings. The molecule has 2 amide bonds. The third kappa shape index (κ3) is 4.01. The molecule has 4 nitrogen and oxygen atoms in total. The fourth-order valence-corrected chi connectivity index (χ4v) is 2.31. The Morgan fingerprint density at radius 2 is 1.64 bits per heavy atom. The normalized spacial score (nSPS) is 15.0. The van der Waals surface area contributed by atoms with Crippen molar-refractivity contribution in [2.45, 2.75) is 31.8 Å². The molecule has 0 radical (unpaired) electrons. The number of hydrogen-bond acceptors (Lipinski definition) is 2. The van der Waals surface area contributed by atoms with Crippen LogP contribution in [0.1, 0.15) is 31.4 Å². The van der Waals surface area contributed by atoms with Gasteiger partial charge < -0.3 is 16.0 Å². The van der Waals surface area contributed by atoms with E-state index in [1.165, 1.54) is 5.56 Å². The number of carbonyl (C=O) groups is 1. The van der Waals surface area contributed by atoms with E-state index < -0.39 is 0 Å². The maximum Gasteiger partial charge on any atom is 0.319 e. The van der Waals surface area contributed by atoms with Crippen LogP contribution in [-0.4, -0.2) is 12.1 Å². The van der Waals surface area contributed by atoms with Crippen molar-refractivity contribution in [2.24, 2.45) is 0 Å². The lowest BCUT2D eigenvalue weighted by atomic mass is 10.1. The van der Waals surface area contributed by atoms with Gasteiger partial charge in [-0.1, -0.05) is 30.3 Å². The first-order valence-corrected chi connectivity index (χ1v) is 7.70. The summed E-state index contributed by atoms with van der Waals surface area (Å²) in [6.07, 6.45) is 2.18. The third-order valence-corrected chi connectivity index (χ3v) is 3.74. The molecule has 0 bridgehead atoms. The van der Waals surface area contributed by atoms with Gasteiger partial charge in [0.15, 0.2) is 0 Å². The van der Waals surface area contributed by atoms with Gasteiger partial charge in [0.2, 0.25) is 0 Å². The van der Waals surface area contributed by atoms with Crippen LogP contribution in [0.15, 0.2) is 54.6 Å². The first kappa shape index (κ1) is 14.4. The molecule has 1 fully saturated rings. The summed E-state index contributed by atoms with van der Waals surface area (Å²) in [6.45, 7) is 2.13. The van der Waals surface area contributed by atoms with Gasteiger partial charge in [0, 0.05) is 23.5 Å². The third-order valence-electron chi connectivity index (χ3n) is 3.74. The molecule has 0 heterocycles. The van der Waals surface area contributed by atoms with Crippen LogP contribution in [-0.2, 0) is 0 Å². The molecule has 0 aliphatic heterocycles. The van der Waals surface area contributed by atoms with Crippen LogP contribution in [0.3, 0.4) is 0 Å². The van der Waals surface area contributed by atoms with Crippen molar-refractivity contribution < 1.29 is 4.79 Å². The maximum absolute atomic E-state index is 11.7. The average molecular weight is 295 g/mol. The molecule has 1 atom stereocenters. The average Bonchev–Trinajstić information content (AvgIpc) is 3.34. The van der Waals surface area contributed by atoms with E-state index in [1.807, 2.05) is 42.5 Å². The Kier molecular flexibility index (Phi) is 4.28. The Balaban J connectivity index is 1.55. The van der Waals surface area contributed by atoms with E-state index in [9.17, 15) is 4.79 Å². The fraction of sp³-hybridized carbons (Fsp3) is 0.278. The molecule has 1 aliphatic carbocycles. The van der Waals surface area contributed by atoms with E-state index in [1.54, 1.807) is 0 Å². The SMILES string of the molecule is CC(Nc1ccc(NC(=O)NC2CC2)cc1)c1ccccc1. The van der Waals surface area contributed by atoms with Gasteiger partial charge in [0.25, 0.3) is 0 Å². The molecular weight excluding hydrogens is 274 g/mol. The molecule has 1 saturated carbocycles. The maximum atomic E-state index is 11.7. The summed E-state index contributed by atoms with van der Waals surface area (Å²) in [4.78, 5) is 11.7. The lowest BCUT2D eigenvalue weighted by molar-refractivity contribution is 0.251. The molecule has 114 valence electrons. The number of benzene rings is 2. The minimum atomic E-state index is -0.124. The van der Waals surface area contributed by atoms with Crippen molar-refractivity contribution in [3.63, 3.8) is 0 Å². The van der Waals surface area contributed by atoms with Crippen molar-refractivity contribution in [1.82, 2.24) is 5.32 Å². The van der Waals surface area contributed by atoms with Crippen molar-refractivity contribution in [1.29, 1.82) is 0 Å². The highest BCUT2D eigenvalue weighted by Gasteiger charge is 2.23. The van der Waals surface area contributed by atoms with Crippen molar-refractivity contribution in [2.75, 3.05) is 10.6 Å². The summed E-state index contributed by atoms with van der Waals surface area (Å²) in [6, 6.07) is 18.6. The first-order chi connectivity index (χ1) is 10.7. The fourth-order valence-electron chi connectivity index (χ4n) is 2.31. The van der Waals surface area contributed by atoms with Crippen LogP contribution in [0.4, 0.5) is 16.2 Å². The highest BCUT2D eigenvalue weighted by molar-refractivity contribution is 5.89. The Hall–Kier alpha value is -2.49. The molecular formula is C18H21N3O. The molecule has 4 heteroatoms. The first-order valence-electron chi connectivity index (χ1n) is 7.70. The number of hydrogen-bond donors (Lipinski definition) is 3. The monoisotopic (exact) mass is 295 g/mol. The van der Waals surface area contributed by atoms with Crippen molar-refractivity contribution >= 4 is 17.4 Å². The van der Waals surface area contributed by atoms with Gasteiger partial charge in [-0.2, -0.15) is 0 Å². The molecule has 0 spiro atoms. The van der Waals surface area contributed by atoms with Gasteiger partial charge in [-0.25, -0.2) is 4.79 Å². The van der Waals surface area contributed by atoms with E-state index in [0.29, 0.717) is 6.04 Å². The number of anilines is 2. The molecule has 0 aromatic heterocycles. The zero-order valence-corrected chi connectivity index (χ0v) is 12.7. The highest BCUT2D eigenvalue weighted by atomic mass is 16.2. The van der Waals surface area contributed by atoms with Gasteiger partial charge in [0.1, 0.15) is 0 Å². The summed E-state index contributed by atoms with van der Waals surface area (Å²) in [5, 5.41) is 9.21. The summed E-state index contributed by atoms with van der Waals surface area (Å²) in [5.41, 5.74) is 3.08. The van der Waals surface area contributed by atoms with Crippen LogP contribution >= 0.6 is 0 Å². The molecule has 3 N–H and O–H groups in total. The molecule has 0 saturated heterocycles. The number of rotatable bonds is 5. The highest BCUT2D eigenvalue weighted by Crippen LogP contribution is 2.21. The van der Waals surface area contributed by atoms with Gasteiger partial charge >= 0.3 is 6.03 Å². The summed E-state index contributed by atoms with van der Waals surface area (Å²) in [7, 11) is 0. The quantitative estimate of drug-likeness (QED) is 0.776. The number of nitrogens with one attached hydrogen (secondary N) is 3. The zero-order chi connectivity index (χ0) is 15.4. The largest absolute Gasteiger partial charge is 0.379 e. The smallest absolute Gasteiger partial charge is 0.319 e. The summed E-state index contributed by atoms with van der Waals surface area (Å²) < 4.78 is 0. The van der Waals surface area contributed by atoms with E-state index in [2.05, 4.69) is 35.0 Å². The van der Waals surface area contributed by atoms with Crippen LogP contribution in [0.2, 0.25) is 0 Å².